The molecule has 20 heavy (non-hydrogen) atoms. The summed E-state index contributed by atoms with van der Waals surface area (Å²) in [5.41, 5.74) is 1.54. The van der Waals surface area contributed by atoms with E-state index in [4.69, 9.17) is 11.6 Å². The lowest BCUT2D eigenvalue weighted by molar-refractivity contribution is -0.123. The highest BCUT2D eigenvalue weighted by atomic mass is 35.5. The second kappa shape index (κ2) is 5.09. The Morgan fingerprint density at radius 2 is 2.25 bits per heavy atom. The highest BCUT2D eigenvalue weighted by molar-refractivity contribution is 6.31. The van der Waals surface area contributed by atoms with Crippen LogP contribution in [0.3, 0.4) is 0 Å². The second-order valence-corrected chi connectivity index (χ2v) is 5.93. The molecule has 2 aliphatic rings. The van der Waals surface area contributed by atoms with E-state index in [-0.39, 0.29) is 23.8 Å². The van der Waals surface area contributed by atoms with E-state index in [2.05, 4.69) is 5.32 Å². The van der Waals surface area contributed by atoms with Crippen LogP contribution in [-0.2, 0) is 4.79 Å². The third-order valence-electron chi connectivity index (χ3n) is 4.27. The highest BCUT2D eigenvalue weighted by Gasteiger charge is 2.42. The Labute approximate surface area is 123 Å². The van der Waals surface area contributed by atoms with Gasteiger partial charge in [-0.1, -0.05) is 11.6 Å². The number of benzene rings is 1. The molecule has 2 atom stereocenters. The van der Waals surface area contributed by atoms with Crippen molar-refractivity contribution in [1.29, 1.82) is 0 Å². The van der Waals surface area contributed by atoms with Crippen LogP contribution < -0.4 is 5.32 Å². The van der Waals surface area contributed by atoms with Crippen molar-refractivity contribution in [3.63, 3.8) is 0 Å². The Bertz CT molecular complexity index is 573. The van der Waals surface area contributed by atoms with Gasteiger partial charge in [0.2, 0.25) is 5.91 Å². The molecule has 2 amide bonds. The van der Waals surface area contributed by atoms with Crippen LogP contribution in [0.15, 0.2) is 18.2 Å². The maximum absolute atomic E-state index is 12.7. The number of hydrogen-bond acceptors (Lipinski definition) is 2. The van der Waals surface area contributed by atoms with Crippen molar-refractivity contribution in [2.45, 2.75) is 25.8 Å². The molecule has 0 aromatic heterocycles. The number of piperidine rings is 1. The molecule has 5 heteroatoms. The van der Waals surface area contributed by atoms with Gasteiger partial charge in [0.05, 0.1) is 12.0 Å². The minimum atomic E-state index is -0.0407. The molecule has 0 bridgehead atoms. The predicted octanol–water partition coefficient (Wildman–Crippen LogP) is 2.00. The normalized spacial score (nSPS) is 25.3. The molecule has 0 unspecified atom stereocenters. The maximum atomic E-state index is 12.7. The Morgan fingerprint density at radius 1 is 1.45 bits per heavy atom. The number of nitrogens with one attached hydrogen (secondary N) is 1. The Kier molecular flexibility index (Phi) is 3.42. The molecule has 2 fully saturated rings. The average Bonchev–Trinajstić information content (AvgIpc) is 2.83. The van der Waals surface area contributed by atoms with Crippen LogP contribution in [0.4, 0.5) is 0 Å². The topological polar surface area (TPSA) is 49.4 Å². The van der Waals surface area contributed by atoms with Crippen molar-refractivity contribution in [3.8, 4) is 0 Å². The predicted molar refractivity (Wildman–Crippen MR) is 76.7 cm³/mol. The molecule has 1 N–H and O–H groups in total. The first-order chi connectivity index (χ1) is 9.58. The van der Waals surface area contributed by atoms with E-state index >= 15 is 0 Å². The molecule has 0 radical (unpaired) electrons. The van der Waals surface area contributed by atoms with E-state index < -0.39 is 0 Å². The summed E-state index contributed by atoms with van der Waals surface area (Å²) in [5, 5.41) is 3.53. The van der Waals surface area contributed by atoms with Crippen LogP contribution in [-0.4, -0.2) is 35.8 Å². The molecule has 0 saturated carbocycles. The first-order valence-corrected chi connectivity index (χ1v) is 7.30. The van der Waals surface area contributed by atoms with Crippen LogP contribution >= 0.6 is 11.6 Å². The smallest absolute Gasteiger partial charge is 0.254 e. The lowest BCUT2D eigenvalue weighted by Crippen LogP contribution is -2.48. The molecule has 1 aromatic carbocycles. The molecular weight excluding hydrogens is 276 g/mol. The molecule has 106 valence electrons. The number of nitrogens with zero attached hydrogens (tertiary/aromatic N) is 1. The van der Waals surface area contributed by atoms with Crippen molar-refractivity contribution >= 4 is 23.4 Å². The van der Waals surface area contributed by atoms with Crippen molar-refractivity contribution in [3.05, 3.63) is 34.3 Å². The van der Waals surface area contributed by atoms with Crippen molar-refractivity contribution in [1.82, 2.24) is 10.2 Å². The van der Waals surface area contributed by atoms with E-state index in [1.54, 1.807) is 12.1 Å². The van der Waals surface area contributed by atoms with Gasteiger partial charge in [-0.3, -0.25) is 9.59 Å². The third kappa shape index (κ3) is 2.18. The third-order valence-corrected chi connectivity index (χ3v) is 4.69. The van der Waals surface area contributed by atoms with Gasteiger partial charge in [0.15, 0.2) is 0 Å². The average molecular weight is 293 g/mol. The number of carbonyl (C=O) groups is 2. The highest BCUT2D eigenvalue weighted by Crippen LogP contribution is 2.29. The summed E-state index contributed by atoms with van der Waals surface area (Å²) in [7, 11) is 0. The van der Waals surface area contributed by atoms with Crippen molar-refractivity contribution < 1.29 is 9.59 Å². The van der Waals surface area contributed by atoms with Crippen molar-refractivity contribution in [2.24, 2.45) is 5.92 Å². The monoisotopic (exact) mass is 292 g/mol. The van der Waals surface area contributed by atoms with Crippen LogP contribution in [0.25, 0.3) is 0 Å². The zero-order chi connectivity index (χ0) is 14.3. The molecule has 3 rings (SSSR count). The van der Waals surface area contributed by atoms with E-state index in [1.165, 1.54) is 0 Å². The number of fused-ring (bicyclic) bond motifs is 1. The summed E-state index contributed by atoms with van der Waals surface area (Å²) in [5.74, 6) is 0.0388. The lowest BCUT2D eigenvalue weighted by Gasteiger charge is -2.36. The van der Waals surface area contributed by atoms with Crippen LogP contribution in [0.2, 0.25) is 5.02 Å². The number of amides is 2. The number of aryl methyl sites for hydroxylation is 1. The summed E-state index contributed by atoms with van der Waals surface area (Å²) in [6, 6.07) is 5.33. The Hall–Kier alpha value is -1.55. The number of halogens is 1. The Balaban J connectivity index is 1.86. The van der Waals surface area contributed by atoms with Crippen molar-refractivity contribution in [2.75, 3.05) is 13.1 Å². The molecule has 2 heterocycles. The first kappa shape index (κ1) is 13.4. The summed E-state index contributed by atoms with van der Waals surface area (Å²) in [6.07, 6.45) is 1.76. The fraction of sp³-hybridized carbons (Fsp3) is 0.467. The lowest BCUT2D eigenvalue weighted by atomic mass is 9.91. The van der Waals surface area contributed by atoms with Gasteiger partial charge in [0, 0.05) is 23.7 Å². The van der Waals surface area contributed by atoms with Crippen LogP contribution in [0, 0.1) is 12.8 Å². The molecule has 2 aliphatic heterocycles. The molecule has 1 aromatic rings. The molecule has 0 aliphatic carbocycles. The van der Waals surface area contributed by atoms with E-state index in [0.717, 1.165) is 24.9 Å². The zero-order valence-corrected chi connectivity index (χ0v) is 12.1. The fourth-order valence-electron chi connectivity index (χ4n) is 3.15. The number of carbonyl (C=O) groups excluding carboxylic acids is 2. The van der Waals surface area contributed by atoms with Gasteiger partial charge in [-0.2, -0.15) is 0 Å². The quantitative estimate of drug-likeness (QED) is 0.861. The van der Waals surface area contributed by atoms with Gasteiger partial charge in [-0.05, 0) is 43.5 Å². The standard InChI is InChI=1S/C15H17ClN2O2/c1-9-7-10(4-5-12(9)16)15(20)18-6-2-3-11-13(18)8-17-14(11)19/h4-5,7,11,13H,2-3,6,8H2,1H3,(H,17,19)/t11-,13-/m1/s1. The molecule has 4 nitrogen and oxygen atoms in total. The first-order valence-electron chi connectivity index (χ1n) is 6.93. The molecule has 0 spiro atoms. The SMILES string of the molecule is Cc1cc(C(=O)N2CCC[C@H]3C(=O)NC[C@H]32)ccc1Cl. The van der Waals surface area contributed by atoms with Crippen LogP contribution in [0.1, 0.15) is 28.8 Å². The number of likely N-dealkylation sites (tertiary alicyclic amines) is 1. The van der Waals surface area contributed by atoms with E-state index in [1.807, 2.05) is 17.9 Å². The molecular formula is C15H17ClN2O2. The summed E-state index contributed by atoms with van der Waals surface area (Å²) in [4.78, 5) is 26.2. The fourth-order valence-corrected chi connectivity index (χ4v) is 3.26. The summed E-state index contributed by atoms with van der Waals surface area (Å²) < 4.78 is 0. The summed E-state index contributed by atoms with van der Waals surface area (Å²) in [6.45, 7) is 3.18. The molecule has 2 saturated heterocycles. The minimum Gasteiger partial charge on any atom is -0.354 e. The summed E-state index contributed by atoms with van der Waals surface area (Å²) >= 11 is 6.00. The van der Waals surface area contributed by atoms with Gasteiger partial charge in [-0.25, -0.2) is 0 Å². The van der Waals surface area contributed by atoms with Gasteiger partial charge in [0.1, 0.15) is 0 Å². The van der Waals surface area contributed by atoms with Gasteiger partial charge >= 0.3 is 0 Å². The van der Waals surface area contributed by atoms with Gasteiger partial charge < -0.3 is 10.2 Å². The number of hydrogen-bond donors (Lipinski definition) is 1. The number of rotatable bonds is 1. The second-order valence-electron chi connectivity index (χ2n) is 5.52. The van der Waals surface area contributed by atoms with Gasteiger partial charge in [-0.15, -0.1) is 0 Å². The largest absolute Gasteiger partial charge is 0.354 e. The van der Waals surface area contributed by atoms with E-state index in [0.29, 0.717) is 17.1 Å². The maximum Gasteiger partial charge on any atom is 0.254 e. The van der Waals surface area contributed by atoms with Crippen LogP contribution in [0.5, 0.6) is 0 Å². The minimum absolute atomic E-state index is 0.000246. The Morgan fingerprint density at radius 3 is 3.00 bits per heavy atom. The van der Waals surface area contributed by atoms with E-state index in [9.17, 15) is 9.59 Å². The zero-order valence-electron chi connectivity index (χ0n) is 11.4. The van der Waals surface area contributed by atoms with Gasteiger partial charge in [0.25, 0.3) is 5.91 Å².